The Labute approximate surface area is 89.0 Å². The summed E-state index contributed by atoms with van der Waals surface area (Å²) in [7, 11) is 0. The summed E-state index contributed by atoms with van der Waals surface area (Å²) in [4.78, 5) is 9.97. The van der Waals surface area contributed by atoms with E-state index in [0.29, 0.717) is 12.0 Å². The maximum absolute atomic E-state index is 12.4. The lowest BCUT2D eigenvalue weighted by Crippen LogP contribution is -2.12. The molecule has 0 bridgehead atoms. The molecule has 15 heavy (non-hydrogen) atoms. The Morgan fingerprint density at radius 1 is 1.40 bits per heavy atom. The molecule has 0 saturated carbocycles. The zero-order valence-electron chi connectivity index (χ0n) is 7.44. The maximum atomic E-state index is 12.4. The van der Waals surface area contributed by atoms with Crippen molar-refractivity contribution in [1.82, 2.24) is 5.32 Å². The van der Waals surface area contributed by atoms with Crippen LogP contribution in [0.3, 0.4) is 0 Å². The molecule has 6 heteroatoms. The zero-order valence-corrected chi connectivity index (χ0v) is 8.19. The Bertz CT molecular complexity index is 365. The van der Waals surface area contributed by atoms with Crippen LogP contribution in [0.25, 0.3) is 0 Å². The summed E-state index contributed by atoms with van der Waals surface area (Å²) in [6, 6.07) is 3.50. The van der Waals surface area contributed by atoms with Gasteiger partial charge in [0.1, 0.15) is 0 Å². The van der Waals surface area contributed by atoms with Crippen molar-refractivity contribution in [2.45, 2.75) is 12.7 Å². The van der Waals surface area contributed by atoms with E-state index in [1.165, 1.54) is 6.07 Å². The topological polar surface area (TPSA) is 29.1 Å². The quantitative estimate of drug-likeness (QED) is 0.805. The largest absolute Gasteiger partial charge is 0.417 e. The van der Waals surface area contributed by atoms with Crippen LogP contribution in [-0.4, -0.2) is 6.41 Å². The van der Waals surface area contributed by atoms with Crippen molar-refractivity contribution in [3.05, 3.63) is 34.3 Å². The molecule has 1 rings (SSSR count). The number of hydrogen-bond acceptors (Lipinski definition) is 1. The third kappa shape index (κ3) is 3.13. The van der Waals surface area contributed by atoms with Gasteiger partial charge in [-0.25, -0.2) is 0 Å². The van der Waals surface area contributed by atoms with Crippen molar-refractivity contribution in [1.29, 1.82) is 0 Å². The molecule has 0 radical (unpaired) electrons. The number of hydrogen-bond donors (Lipinski definition) is 1. The molecule has 0 aliphatic heterocycles. The van der Waals surface area contributed by atoms with Crippen LogP contribution in [0.4, 0.5) is 13.2 Å². The van der Waals surface area contributed by atoms with E-state index < -0.39 is 11.7 Å². The number of carbonyl (C=O) groups excluding carboxylic acids is 1. The highest BCUT2D eigenvalue weighted by atomic mass is 35.5. The molecule has 0 unspecified atom stereocenters. The molecule has 0 atom stereocenters. The van der Waals surface area contributed by atoms with E-state index in [1.54, 1.807) is 0 Å². The molecular formula is C9H7ClF3NO. The minimum absolute atomic E-state index is 0.0454. The molecule has 0 saturated heterocycles. The lowest BCUT2D eigenvalue weighted by Gasteiger charge is -2.10. The van der Waals surface area contributed by atoms with Gasteiger partial charge in [0.25, 0.3) is 0 Å². The van der Waals surface area contributed by atoms with Gasteiger partial charge in [-0.15, -0.1) is 0 Å². The minimum atomic E-state index is -4.48. The van der Waals surface area contributed by atoms with Crippen LogP contribution in [-0.2, 0) is 17.5 Å². The molecule has 0 heterocycles. The van der Waals surface area contributed by atoms with E-state index in [1.807, 2.05) is 0 Å². The number of nitrogens with one attached hydrogen (secondary N) is 1. The standard InChI is InChI=1S/C9H7ClF3NO/c10-8-2-1-6(4-14-5-15)3-7(8)9(11,12)13/h1-3,5H,4H2,(H,14,15). The van der Waals surface area contributed by atoms with Gasteiger partial charge in [0.2, 0.25) is 6.41 Å². The molecule has 1 aromatic carbocycles. The van der Waals surface area contributed by atoms with Gasteiger partial charge in [-0.2, -0.15) is 13.2 Å². The highest BCUT2D eigenvalue weighted by molar-refractivity contribution is 6.31. The molecule has 0 fully saturated rings. The van der Waals surface area contributed by atoms with Gasteiger partial charge < -0.3 is 5.32 Å². The van der Waals surface area contributed by atoms with E-state index in [2.05, 4.69) is 5.32 Å². The molecule has 1 aromatic rings. The predicted octanol–water partition coefficient (Wildman–Crippen LogP) is 2.60. The van der Waals surface area contributed by atoms with Crippen molar-refractivity contribution in [3.8, 4) is 0 Å². The average Bonchev–Trinajstić information content (AvgIpc) is 2.15. The highest BCUT2D eigenvalue weighted by Gasteiger charge is 2.33. The highest BCUT2D eigenvalue weighted by Crippen LogP contribution is 2.34. The van der Waals surface area contributed by atoms with Gasteiger partial charge in [-0.05, 0) is 17.7 Å². The van der Waals surface area contributed by atoms with Crippen molar-refractivity contribution >= 4 is 18.0 Å². The first-order chi connectivity index (χ1) is 6.95. The summed E-state index contributed by atoms with van der Waals surface area (Å²) in [5, 5.41) is 1.92. The summed E-state index contributed by atoms with van der Waals surface area (Å²) in [5.74, 6) is 0. The van der Waals surface area contributed by atoms with Gasteiger partial charge in [-0.3, -0.25) is 4.79 Å². The number of halogens is 4. The molecule has 1 amide bonds. The van der Waals surface area contributed by atoms with Crippen LogP contribution < -0.4 is 5.32 Å². The second-order valence-electron chi connectivity index (χ2n) is 2.81. The normalized spacial score (nSPS) is 11.2. The van der Waals surface area contributed by atoms with Crippen LogP contribution in [0.15, 0.2) is 18.2 Å². The minimum Gasteiger partial charge on any atom is -0.355 e. The number of carbonyl (C=O) groups is 1. The predicted molar refractivity (Wildman–Crippen MR) is 49.4 cm³/mol. The summed E-state index contributed by atoms with van der Waals surface area (Å²) in [6.45, 7) is 0.0454. The monoisotopic (exact) mass is 237 g/mol. The fourth-order valence-corrected chi connectivity index (χ4v) is 1.28. The van der Waals surface area contributed by atoms with E-state index in [4.69, 9.17) is 11.6 Å². The van der Waals surface area contributed by atoms with E-state index in [0.717, 1.165) is 12.1 Å². The Morgan fingerprint density at radius 3 is 2.60 bits per heavy atom. The Hall–Kier alpha value is -1.23. The van der Waals surface area contributed by atoms with Gasteiger partial charge in [0.05, 0.1) is 10.6 Å². The molecule has 0 spiro atoms. The molecule has 2 nitrogen and oxygen atoms in total. The number of rotatable bonds is 3. The second kappa shape index (κ2) is 4.53. The van der Waals surface area contributed by atoms with Crippen LogP contribution >= 0.6 is 11.6 Å². The molecule has 0 aromatic heterocycles. The lowest BCUT2D eigenvalue weighted by molar-refractivity contribution is -0.137. The van der Waals surface area contributed by atoms with Gasteiger partial charge in [0, 0.05) is 6.54 Å². The third-order valence-electron chi connectivity index (χ3n) is 1.73. The van der Waals surface area contributed by atoms with Crippen LogP contribution in [0.2, 0.25) is 5.02 Å². The number of benzene rings is 1. The van der Waals surface area contributed by atoms with Gasteiger partial charge >= 0.3 is 6.18 Å². The summed E-state index contributed by atoms with van der Waals surface area (Å²) in [5.41, 5.74) is -0.548. The van der Waals surface area contributed by atoms with Crippen molar-refractivity contribution < 1.29 is 18.0 Å². The van der Waals surface area contributed by atoms with Crippen LogP contribution in [0.5, 0.6) is 0 Å². The number of amides is 1. The first-order valence-corrected chi connectivity index (χ1v) is 4.35. The van der Waals surface area contributed by atoms with Gasteiger partial charge in [-0.1, -0.05) is 17.7 Å². The Balaban J connectivity index is 3.00. The maximum Gasteiger partial charge on any atom is 0.417 e. The van der Waals surface area contributed by atoms with E-state index >= 15 is 0 Å². The molecule has 0 aliphatic carbocycles. The van der Waals surface area contributed by atoms with Crippen LogP contribution in [0, 0.1) is 0 Å². The lowest BCUT2D eigenvalue weighted by atomic mass is 10.1. The molecule has 0 aliphatic rings. The SMILES string of the molecule is O=CNCc1ccc(Cl)c(C(F)(F)F)c1. The fraction of sp³-hybridized carbons (Fsp3) is 0.222. The Morgan fingerprint density at radius 2 is 2.07 bits per heavy atom. The molecule has 1 N–H and O–H groups in total. The molecule has 82 valence electrons. The van der Waals surface area contributed by atoms with E-state index in [-0.39, 0.29) is 11.6 Å². The van der Waals surface area contributed by atoms with Crippen molar-refractivity contribution in [2.75, 3.05) is 0 Å². The van der Waals surface area contributed by atoms with E-state index in [9.17, 15) is 18.0 Å². The average molecular weight is 238 g/mol. The summed E-state index contributed by atoms with van der Waals surface area (Å²) < 4.78 is 37.1. The Kier molecular flexibility index (Phi) is 3.57. The first kappa shape index (κ1) is 11.8. The van der Waals surface area contributed by atoms with Crippen molar-refractivity contribution in [3.63, 3.8) is 0 Å². The zero-order chi connectivity index (χ0) is 11.5. The molecular weight excluding hydrogens is 231 g/mol. The summed E-state index contributed by atoms with van der Waals surface area (Å²) in [6.07, 6.45) is -4.06. The van der Waals surface area contributed by atoms with Crippen LogP contribution in [0.1, 0.15) is 11.1 Å². The first-order valence-electron chi connectivity index (χ1n) is 3.98. The number of alkyl halides is 3. The smallest absolute Gasteiger partial charge is 0.355 e. The third-order valence-corrected chi connectivity index (χ3v) is 2.06. The summed E-state index contributed by atoms with van der Waals surface area (Å²) >= 11 is 5.40. The second-order valence-corrected chi connectivity index (χ2v) is 3.22. The van der Waals surface area contributed by atoms with Gasteiger partial charge in [0.15, 0.2) is 0 Å². The fourth-order valence-electron chi connectivity index (χ4n) is 1.06. The van der Waals surface area contributed by atoms with Crippen molar-refractivity contribution in [2.24, 2.45) is 0 Å².